The summed E-state index contributed by atoms with van der Waals surface area (Å²) in [6.07, 6.45) is 0. The summed E-state index contributed by atoms with van der Waals surface area (Å²) in [5.74, 6) is 1.22. The number of Topliss-reactive ketones (excluding diaryl/α,β-unsaturated/α-hetero) is 1. The highest BCUT2D eigenvalue weighted by molar-refractivity contribution is 7.99. The molecule has 1 aromatic carbocycles. The summed E-state index contributed by atoms with van der Waals surface area (Å²) in [7, 11) is 0. The summed E-state index contributed by atoms with van der Waals surface area (Å²) in [6, 6.07) is 11.3. The Morgan fingerprint density at radius 2 is 2.09 bits per heavy atom. The fourth-order valence-electron chi connectivity index (χ4n) is 2.22. The van der Waals surface area contributed by atoms with Crippen molar-refractivity contribution in [3.05, 3.63) is 52.7 Å². The fraction of sp³-hybridized carbons (Fsp3) is 0.278. The van der Waals surface area contributed by atoms with Crippen LogP contribution in [0.5, 0.6) is 5.75 Å². The highest BCUT2D eigenvalue weighted by atomic mass is 32.2. The molecule has 0 radical (unpaired) electrons. The zero-order valence-electron chi connectivity index (χ0n) is 13.4. The number of rotatable bonds is 6. The van der Waals surface area contributed by atoms with Crippen LogP contribution in [-0.2, 0) is 0 Å². The van der Waals surface area contributed by atoms with E-state index in [4.69, 9.17) is 4.74 Å². The van der Waals surface area contributed by atoms with E-state index in [1.165, 1.54) is 18.7 Å². The minimum Gasteiger partial charge on any atom is -0.492 e. The standard InChI is InChI=1S/C18H18N2O2S/c1-12-10-13(2)20-18(16(12)11-19)23-9-8-22-17-7-5-4-6-15(17)14(3)21/h4-7,10H,8-9H2,1-3H3. The maximum Gasteiger partial charge on any atom is 0.163 e. The quantitative estimate of drug-likeness (QED) is 0.457. The van der Waals surface area contributed by atoms with Crippen LogP contribution in [0.1, 0.15) is 34.1 Å². The number of nitriles is 1. The van der Waals surface area contributed by atoms with Gasteiger partial charge in [-0.2, -0.15) is 5.26 Å². The Hall–Kier alpha value is -2.32. The van der Waals surface area contributed by atoms with E-state index in [9.17, 15) is 10.1 Å². The number of para-hydroxylation sites is 1. The molecular formula is C18H18N2O2S. The molecule has 0 aliphatic rings. The highest BCUT2D eigenvalue weighted by Gasteiger charge is 2.10. The van der Waals surface area contributed by atoms with Gasteiger partial charge >= 0.3 is 0 Å². The average molecular weight is 326 g/mol. The molecule has 0 atom stereocenters. The van der Waals surface area contributed by atoms with Crippen molar-refractivity contribution in [3.8, 4) is 11.8 Å². The molecular weight excluding hydrogens is 308 g/mol. The second-order valence-corrected chi connectivity index (χ2v) is 6.21. The smallest absolute Gasteiger partial charge is 0.163 e. The molecule has 23 heavy (non-hydrogen) atoms. The van der Waals surface area contributed by atoms with Gasteiger partial charge in [0.05, 0.1) is 17.7 Å². The van der Waals surface area contributed by atoms with Gasteiger partial charge in [-0.15, -0.1) is 11.8 Å². The van der Waals surface area contributed by atoms with Crippen molar-refractivity contribution >= 4 is 17.5 Å². The molecule has 0 saturated heterocycles. The van der Waals surface area contributed by atoms with Gasteiger partial charge in [0, 0.05) is 11.4 Å². The van der Waals surface area contributed by atoms with Crippen LogP contribution in [0.3, 0.4) is 0 Å². The van der Waals surface area contributed by atoms with Crippen LogP contribution < -0.4 is 4.74 Å². The Labute approximate surface area is 140 Å². The van der Waals surface area contributed by atoms with E-state index in [1.807, 2.05) is 32.0 Å². The summed E-state index contributed by atoms with van der Waals surface area (Å²) in [6.45, 7) is 5.79. The van der Waals surface area contributed by atoms with Crippen LogP contribution in [0.25, 0.3) is 0 Å². The summed E-state index contributed by atoms with van der Waals surface area (Å²) < 4.78 is 5.70. The van der Waals surface area contributed by atoms with Gasteiger partial charge in [-0.05, 0) is 44.5 Å². The first-order valence-corrected chi connectivity index (χ1v) is 8.25. The van der Waals surface area contributed by atoms with E-state index in [1.54, 1.807) is 12.1 Å². The fourth-order valence-corrected chi connectivity index (χ4v) is 3.14. The van der Waals surface area contributed by atoms with E-state index >= 15 is 0 Å². The third-order valence-corrected chi connectivity index (χ3v) is 4.21. The Bertz CT molecular complexity index is 766. The number of thioether (sulfide) groups is 1. The van der Waals surface area contributed by atoms with E-state index in [0.717, 1.165) is 16.3 Å². The molecule has 0 bridgehead atoms. The monoisotopic (exact) mass is 326 g/mol. The van der Waals surface area contributed by atoms with E-state index in [2.05, 4.69) is 11.1 Å². The van der Waals surface area contributed by atoms with E-state index in [-0.39, 0.29) is 5.78 Å². The van der Waals surface area contributed by atoms with Gasteiger partial charge in [0.1, 0.15) is 16.8 Å². The summed E-state index contributed by atoms with van der Waals surface area (Å²) in [5, 5.41) is 9.98. The maximum absolute atomic E-state index is 11.5. The van der Waals surface area contributed by atoms with Crippen LogP contribution in [0.2, 0.25) is 0 Å². The van der Waals surface area contributed by atoms with Gasteiger partial charge in [0.2, 0.25) is 0 Å². The number of aryl methyl sites for hydroxylation is 2. The number of hydrogen-bond acceptors (Lipinski definition) is 5. The molecule has 5 heteroatoms. The number of aromatic nitrogens is 1. The van der Waals surface area contributed by atoms with Crippen molar-refractivity contribution in [2.75, 3.05) is 12.4 Å². The number of ketones is 1. The molecule has 2 aromatic rings. The minimum absolute atomic E-state index is 0.0176. The molecule has 1 aromatic heterocycles. The van der Waals surface area contributed by atoms with Crippen LogP contribution in [0, 0.1) is 25.2 Å². The molecule has 0 aliphatic heterocycles. The van der Waals surface area contributed by atoms with Gasteiger partial charge in [0.25, 0.3) is 0 Å². The van der Waals surface area contributed by atoms with E-state index < -0.39 is 0 Å². The number of hydrogen-bond donors (Lipinski definition) is 0. The van der Waals surface area contributed by atoms with Gasteiger partial charge in [-0.25, -0.2) is 4.98 Å². The second kappa shape index (κ2) is 7.80. The molecule has 0 amide bonds. The van der Waals surface area contributed by atoms with Crippen molar-refractivity contribution in [1.82, 2.24) is 4.98 Å². The molecule has 0 spiro atoms. The van der Waals surface area contributed by atoms with Crippen molar-refractivity contribution < 1.29 is 9.53 Å². The Morgan fingerprint density at radius 3 is 2.78 bits per heavy atom. The van der Waals surface area contributed by atoms with Crippen LogP contribution in [0.15, 0.2) is 35.4 Å². The molecule has 0 N–H and O–H groups in total. The van der Waals surface area contributed by atoms with Crippen LogP contribution >= 0.6 is 11.8 Å². The Balaban J connectivity index is 2.00. The number of nitrogens with zero attached hydrogens (tertiary/aromatic N) is 2. The van der Waals surface area contributed by atoms with Crippen molar-refractivity contribution in [3.63, 3.8) is 0 Å². The maximum atomic E-state index is 11.5. The van der Waals surface area contributed by atoms with E-state index in [0.29, 0.717) is 29.2 Å². The zero-order valence-corrected chi connectivity index (χ0v) is 14.2. The van der Waals surface area contributed by atoms with Crippen molar-refractivity contribution in [2.45, 2.75) is 25.8 Å². The number of pyridine rings is 1. The lowest BCUT2D eigenvalue weighted by atomic mass is 10.1. The largest absolute Gasteiger partial charge is 0.492 e. The number of carbonyl (C=O) groups excluding carboxylic acids is 1. The summed E-state index contributed by atoms with van der Waals surface area (Å²) >= 11 is 1.49. The minimum atomic E-state index is -0.0176. The van der Waals surface area contributed by atoms with Crippen LogP contribution in [0.4, 0.5) is 0 Å². The van der Waals surface area contributed by atoms with Gasteiger partial charge in [0.15, 0.2) is 5.78 Å². The third-order valence-electron chi connectivity index (χ3n) is 3.27. The summed E-state index contributed by atoms with van der Waals surface area (Å²) in [5.41, 5.74) is 3.03. The first-order valence-electron chi connectivity index (χ1n) is 7.27. The number of carbonyl (C=O) groups is 1. The van der Waals surface area contributed by atoms with Gasteiger partial charge in [-0.3, -0.25) is 4.79 Å². The number of benzene rings is 1. The molecule has 1 heterocycles. The molecule has 118 valence electrons. The topological polar surface area (TPSA) is 63.0 Å². The second-order valence-electron chi connectivity index (χ2n) is 5.12. The Morgan fingerprint density at radius 1 is 1.35 bits per heavy atom. The molecule has 0 saturated carbocycles. The van der Waals surface area contributed by atoms with Gasteiger partial charge in [-0.1, -0.05) is 12.1 Å². The molecule has 0 aliphatic carbocycles. The third kappa shape index (κ3) is 4.33. The lowest BCUT2D eigenvalue weighted by Gasteiger charge is -2.10. The lowest BCUT2D eigenvalue weighted by Crippen LogP contribution is -2.05. The molecule has 0 fully saturated rings. The average Bonchev–Trinajstić information content (AvgIpc) is 2.51. The number of ether oxygens (including phenoxy) is 1. The first kappa shape index (κ1) is 17.0. The van der Waals surface area contributed by atoms with Crippen molar-refractivity contribution in [2.24, 2.45) is 0 Å². The summed E-state index contributed by atoms with van der Waals surface area (Å²) in [4.78, 5) is 16.0. The lowest BCUT2D eigenvalue weighted by molar-refractivity contribution is 0.101. The predicted molar refractivity (Wildman–Crippen MR) is 91.1 cm³/mol. The molecule has 0 unspecified atom stereocenters. The van der Waals surface area contributed by atoms with Crippen LogP contribution in [-0.4, -0.2) is 23.1 Å². The SMILES string of the molecule is CC(=O)c1ccccc1OCCSc1nc(C)cc(C)c1C#N. The first-order chi connectivity index (χ1) is 11.0. The predicted octanol–water partition coefficient (Wildman–Crippen LogP) is 3.94. The Kier molecular flexibility index (Phi) is 5.78. The van der Waals surface area contributed by atoms with Gasteiger partial charge < -0.3 is 4.74 Å². The molecule has 4 nitrogen and oxygen atoms in total. The normalized spacial score (nSPS) is 10.2. The molecule has 2 rings (SSSR count). The highest BCUT2D eigenvalue weighted by Crippen LogP contribution is 2.24. The zero-order chi connectivity index (χ0) is 16.8. The van der Waals surface area contributed by atoms with Crippen molar-refractivity contribution in [1.29, 1.82) is 5.26 Å².